The minimum absolute atomic E-state index is 0.00629. The zero-order chi connectivity index (χ0) is 19.0. The first-order valence-electron chi connectivity index (χ1n) is 9.51. The van der Waals surface area contributed by atoms with Crippen LogP contribution in [0.2, 0.25) is 0 Å². The van der Waals surface area contributed by atoms with Crippen LogP contribution in [0.5, 0.6) is 0 Å². The molecule has 0 spiro atoms. The van der Waals surface area contributed by atoms with Crippen LogP contribution in [0.25, 0.3) is 0 Å². The molecule has 2 aromatic rings. The third-order valence-electron chi connectivity index (χ3n) is 5.09. The van der Waals surface area contributed by atoms with Crippen molar-refractivity contribution in [2.45, 2.75) is 90.1 Å². The normalized spacial score (nSPS) is 16.2. The highest BCUT2D eigenvalue weighted by atomic mass is 16.1. The molecular formula is C17H30N8O. The molecular weight excluding hydrogens is 332 g/mol. The SMILES string of the molecule is CCCCCC(C)(C(=O)C(C)(CCCCC)n1ncnn1)n1ncnn1. The van der Waals surface area contributed by atoms with Gasteiger partial charge in [-0.3, -0.25) is 4.79 Å². The highest BCUT2D eigenvalue weighted by molar-refractivity contribution is 5.92. The molecule has 2 atom stereocenters. The summed E-state index contributed by atoms with van der Waals surface area (Å²) < 4.78 is 0. The van der Waals surface area contributed by atoms with Crippen LogP contribution < -0.4 is 0 Å². The lowest BCUT2D eigenvalue weighted by atomic mass is 9.77. The molecule has 0 fully saturated rings. The Balaban J connectivity index is 2.38. The quantitative estimate of drug-likeness (QED) is 0.534. The molecule has 0 aromatic carbocycles. The number of rotatable bonds is 12. The molecule has 26 heavy (non-hydrogen) atoms. The first-order chi connectivity index (χ1) is 12.5. The van der Waals surface area contributed by atoms with Crippen LogP contribution >= 0.6 is 0 Å². The molecule has 9 heteroatoms. The number of hydrogen-bond donors (Lipinski definition) is 0. The van der Waals surface area contributed by atoms with Gasteiger partial charge in [0.2, 0.25) is 0 Å². The number of carbonyl (C=O) groups excluding carboxylic acids is 1. The second-order valence-electron chi connectivity index (χ2n) is 7.24. The zero-order valence-electron chi connectivity index (χ0n) is 16.3. The maximum Gasteiger partial charge on any atom is 0.191 e. The van der Waals surface area contributed by atoms with E-state index in [1.54, 1.807) is 0 Å². The van der Waals surface area contributed by atoms with E-state index in [1.165, 1.54) is 22.2 Å². The summed E-state index contributed by atoms with van der Waals surface area (Å²) in [7, 11) is 0. The molecule has 0 aliphatic heterocycles. The molecule has 2 heterocycles. The number of nitrogens with zero attached hydrogens (tertiary/aromatic N) is 8. The standard InChI is InChI=1S/C17H30N8O/c1-5-7-9-11-16(3,24-20-13-18-22-24)15(26)17(4,12-10-8-6-2)25-21-14-19-23-25/h13-14H,5-12H2,1-4H3. The number of hydrogen-bond acceptors (Lipinski definition) is 7. The van der Waals surface area contributed by atoms with Gasteiger partial charge in [-0.1, -0.05) is 52.4 Å². The molecule has 0 amide bonds. The van der Waals surface area contributed by atoms with Gasteiger partial charge in [-0.15, -0.1) is 20.4 Å². The van der Waals surface area contributed by atoms with Crippen LogP contribution in [0, 0.1) is 0 Å². The van der Waals surface area contributed by atoms with Crippen molar-refractivity contribution < 1.29 is 4.79 Å². The number of carbonyl (C=O) groups is 1. The maximum absolute atomic E-state index is 13.8. The van der Waals surface area contributed by atoms with Gasteiger partial charge in [0.25, 0.3) is 0 Å². The number of tetrazole rings is 2. The molecule has 0 N–H and O–H groups in total. The fraction of sp³-hybridized carbons (Fsp3) is 0.824. The summed E-state index contributed by atoms with van der Waals surface area (Å²) in [6.45, 7) is 8.06. The van der Waals surface area contributed by atoms with E-state index < -0.39 is 11.1 Å². The van der Waals surface area contributed by atoms with E-state index in [4.69, 9.17) is 0 Å². The van der Waals surface area contributed by atoms with E-state index in [1.807, 2.05) is 13.8 Å². The second-order valence-corrected chi connectivity index (χ2v) is 7.24. The van der Waals surface area contributed by atoms with Gasteiger partial charge < -0.3 is 0 Å². The van der Waals surface area contributed by atoms with Crippen molar-refractivity contribution in [2.75, 3.05) is 0 Å². The molecule has 2 aromatic heterocycles. The van der Waals surface area contributed by atoms with Crippen molar-refractivity contribution in [3.63, 3.8) is 0 Å². The highest BCUT2D eigenvalue weighted by Gasteiger charge is 2.49. The Hall–Kier alpha value is -2.19. The van der Waals surface area contributed by atoms with Gasteiger partial charge in [0.05, 0.1) is 0 Å². The van der Waals surface area contributed by atoms with Gasteiger partial charge >= 0.3 is 0 Å². The van der Waals surface area contributed by atoms with E-state index in [0.717, 1.165) is 38.5 Å². The zero-order valence-corrected chi connectivity index (χ0v) is 16.3. The summed E-state index contributed by atoms with van der Waals surface area (Å²) in [4.78, 5) is 16.7. The average molecular weight is 362 g/mol. The van der Waals surface area contributed by atoms with E-state index >= 15 is 0 Å². The number of unbranched alkanes of at least 4 members (excludes halogenated alkanes) is 4. The maximum atomic E-state index is 13.8. The lowest BCUT2D eigenvalue weighted by Gasteiger charge is -2.36. The second kappa shape index (κ2) is 8.95. The molecule has 2 unspecified atom stereocenters. The average Bonchev–Trinajstić information content (AvgIpc) is 3.35. The van der Waals surface area contributed by atoms with Crippen molar-refractivity contribution in [2.24, 2.45) is 0 Å². The molecule has 0 bridgehead atoms. The Kier molecular flexibility index (Phi) is 6.93. The van der Waals surface area contributed by atoms with Crippen LogP contribution in [0.15, 0.2) is 12.7 Å². The van der Waals surface area contributed by atoms with E-state index in [-0.39, 0.29) is 5.78 Å². The van der Waals surface area contributed by atoms with Gasteiger partial charge in [-0.2, -0.15) is 9.59 Å². The Bertz CT molecular complexity index is 600. The molecule has 0 saturated heterocycles. The summed E-state index contributed by atoms with van der Waals surface area (Å²) in [6.07, 6.45) is 10.1. The molecule has 0 aliphatic carbocycles. The summed E-state index contributed by atoms with van der Waals surface area (Å²) >= 11 is 0. The van der Waals surface area contributed by atoms with Crippen LogP contribution in [-0.4, -0.2) is 46.2 Å². The van der Waals surface area contributed by atoms with Crippen LogP contribution in [0.1, 0.15) is 79.1 Å². The number of aromatic nitrogens is 8. The summed E-state index contributed by atoms with van der Waals surface area (Å²) in [5.74, 6) is -0.00629. The lowest BCUT2D eigenvalue weighted by molar-refractivity contribution is -0.139. The van der Waals surface area contributed by atoms with E-state index in [9.17, 15) is 4.79 Å². The number of ketones is 1. The molecule has 144 valence electrons. The molecule has 2 rings (SSSR count). The van der Waals surface area contributed by atoms with Gasteiger partial charge in [0.1, 0.15) is 11.1 Å². The molecule has 9 nitrogen and oxygen atoms in total. The van der Waals surface area contributed by atoms with Crippen LogP contribution in [0.3, 0.4) is 0 Å². The first-order valence-corrected chi connectivity index (χ1v) is 9.51. The Morgan fingerprint density at radius 2 is 1.23 bits per heavy atom. The smallest absolute Gasteiger partial charge is 0.191 e. The minimum atomic E-state index is -0.903. The van der Waals surface area contributed by atoms with Gasteiger partial charge in [-0.05, 0) is 37.1 Å². The predicted molar refractivity (Wildman–Crippen MR) is 96.2 cm³/mol. The third-order valence-corrected chi connectivity index (χ3v) is 5.09. The first kappa shape index (κ1) is 20.1. The molecule has 0 radical (unpaired) electrons. The van der Waals surface area contributed by atoms with E-state index in [0.29, 0.717) is 12.8 Å². The minimum Gasteiger partial charge on any atom is -0.294 e. The van der Waals surface area contributed by atoms with Crippen LogP contribution in [0.4, 0.5) is 0 Å². The van der Waals surface area contributed by atoms with Gasteiger partial charge in [-0.25, -0.2) is 0 Å². The molecule has 0 aliphatic rings. The van der Waals surface area contributed by atoms with Crippen LogP contribution in [-0.2, 0) is 15.9 Å². The monoisotopic (exact) mass is 362 g/mol. The number of Topliss-reactive ketones (excluding diaryl/α,β-unsaturated/α-hetero) is 1. The fourth-order valence-electron chi connectivity index (χ4n) is 3.41. The summed E-state index contributed by atoms with van der Waals surface area (Å²) in [5, 5.41) is 24.1. The van der Waals surface area contributed by atoms with Gasteiger partial charge in [0.15, 0.2) is 18.4 Å². The Morgan fingerprint density at radius 1 is 0.808 bits per heavy atom. The highest BCUT2D eigenvalue weighted by Crippen LogP contribution is 2.34. The van der Waals surface area contributed by atoms with Crippen molar-refractivity contribution in [1.29, 1.82) is 0 Å². The van der Waals surface area contributed by atoms with E-state index in [2.05, 4.69) is 44.7 Å². The topological polar surface area (TPSA) is 104 Å². The predicted octanol–water partition coefficient (Wildman–Crippen LogP) is 2.52. The third kappa shape index (κ3) is 4.13. The van der Waals surface area contributed by atoms with Gasteiger partial charge in [0, 0.05) is 0 Å². The fourth-order valence-corrected chi connectivity index (χ4v) is 3.41. The summed E-state index contributed by atoms with van der Waals surface area (Å²) in [5.41, 5.74) is -1.81. The molecule has 0 saturated carbocycles. The van der Waals surface area contributed by atoms with Crippen molar-refractivity contribution in [3.8, 4) is 0 Å². The van der Waals surface area contributed by atoms with Crippen molar-refractivity contribution >= 4 is 5.78 Å². The largest absolute Gasteiger partial charge is 0.294 e. The lowest BCUT2D eigenvalue weighted by Crippen LogP contribution is -2.54. The van der Waals surface area contributed by atoms with Crippen molar-refractivity contribution in [1.82, 2.24) is 40.4 Å². The van der Waals surface area contributed by atoms with Crippen molar-refractivity contribution in [3.05, 3.63) is 12.7 Å². The Labute approximate surface area is 154 Å². The Morgan fingerprint density at radius 3 is 1.54 bits per heavy atom. The summed E-state index contributed by atoms with van der Waals surface area (Å²) in [6, 6.07) is 0.